The number of carbonyl (C=O) groups excluding carboxylic acids is 2. The van der Waals surface area contributed by atoms with Gasteiger partial charge in [0.15, 0.2) is 17.3 Å². The first kappa shape index (κ1) is 31.9. The van der Waals surface area contributed by atoms with Crippen molar-refractivity contribution in [3.8, 4) is 17.6 Å². The number of benzene rings is 2. The van der Waals surface area contributed by atoms with Gasteiger partial charge in [-0.05, 0) is 76.4 Å². The van der Waals surface area contributed by atoms with E-state index in [1.54, 1.807) is 37.8 Å². The van der Waals surface area contributed by atoms with E-state index in [9.17, 15) is 28.4 Å². The fourth-order valence-corrected chi connectivity index (χ4v) is 4.91. The molecule has 4 rings (SSSR count). The van der Waals surface area contributed by atoms with Crippen LogP contribution in [0.15, 0.2) is 53.3 Å². The molecule has 0 radical (unpaired) electrons. The Morgan fingerprint density at radius 2 is 1.86 bits per heavy atom. The van der Waals surface area contributed by atoms with Gasteiger partial charge in [0.1, 0.15) is 11.9 Å². The summed E-state index contributed by atoms with van der Waals surface area (Å²) in [6, 6.07) is 11.1. The largest absolute Gasteiger partial charge is 0.448 e. The van der Waals surface area contributed by atoms with Crippen molar-refractivity contribution in [3.63, 3.8) is 0 Å². The number of likely N-dealkylation sites (tertiary alicyclic amines) is 1. The summed E-state index contributed by atoms with van der Waals surface area (Å²) in [5.74, 6) is -2.90. The molecule has 3 atom stereocenters. The highest BCUT2D eigenvalue weighted by Crippen LogP contribution is 2.43. The van der Waals surface area contributed by atoms with Gasteiger partial charge in [-0.15, -0.1) is 0 Å². The van der Waals surface area contributed by atoms with Crippen molar-refractivity contribution >= 4 is 11.8 Å². The molecule has 2 N–H and O–H groups in total. The quantitative estimate of drug-likeness (QED) is 0.376. The number of aromatic nitrogens is 2. The number of rotatable bonds is 7. The van der Waals surface area contributed by atoms with Gasteiger partial charge in [0.2, 0.25) is 5.91 Å². The van der Waals surface area contributed by atoms with E-state index in [0.717, 1.165) is 6.07 Å². The lowest BCUT2D eigenvalue weighted by atomic mass is 9.84. The lowest BCUT2D eigenvalue weighted by molar-refractivity contribution is -0.137. The topological polar surface area (TPSA) is 128 Å². The Bertz CT molecular complexity index is 1550. The summed E-state index contributed by atoms with van der Waals surface area (Å²) in [5, 5.41) is 18.3. The van der Waals surface area contributed by atoms with E-state index in [0.29, 0.717) is 24.1 Å². The van der Waals surface area contributed by atoms with Crippen LogP contribution in [0.2, 0.25) is 0 Å². The third kappa shape index (κ3) is 7.00. The number of aryl methyl sites for hydroxylation is 1. The van der Waals surface area contributed by atoms with E-state index in [1.165, 1.54) is 37.3 Å². The summed E-state index contributed by atoms with van der Waals surface area (Å²) >= 11 is 0. The maximum absolute atomic E-state index is 14.8. The minimum absolute atomic E-state index is 0.0682. The second kappa shape index (κ2) is 13.4. The Labute approximate surface area is 243 Å². The van der Waals surface area contributed by atoms with Crippen molar-refractivity contribution < 1.29 is 23.1 Å². The van der Waals surface area contributed by atoms with E-state index in [4.69, 9.17) is 4.74 Å². The molecule has 2 aromatic carbocycles. The van der Waals surface area contributed by atoms with Gasteiger partial charge in [-0.25, -0.2) is 13.9 Å². The first-order chi connectivity index (χ1) is 19.9. The van der Waals surface area contributed by atoms with Crippen molar-refractivity contribution in [1.82, 2.24) is 20.4 Å². The van der Waals surface area contributed by atoms with Crippen LogP contribution >= 0.6 is 0 Å². The van der Waals surface area contributed by atoms with Crippen molar-refractivity contribution in [2.75, 3.05) is 0 Å². The monoisotopic (exact) mass is 579 g/mol. The molecule has 42 heavy (non-hydrogen) atoms. The van der Waals surface area contributed by atoms with E-state index < -0.39 is 52.5 Å². The number of ether oxygens (including phenoxy) is 1. The number of nitrogens with one attached hydrogen (secondary N) is 2. The Balaban J connectivity index is 0.00000237. The van der Waals surface area contributed by atoms with E-state index in [2.05, 4.69) is 21.6 Å². The lowest BCUT2D eigenvalue weighted by Crippen LogP contribution is -2.52. The molecule has 1 aliphatic rings. The average Bonchev–Trinajstić information content (AvgIpc) is 3.43. The number of nitriles is 1. The minimum atomic E-state index is -1.03. The van der Waals surface area contributed by atoms with Crippen molar-refractivity contribution in [3.05, 3.63) is 87.3 Å². The maximum Gasteiger partial charge on any atom is 0.307 e. The van der Waals surface area contributed by atoms with Crippen LogP contribution in [0, 0.1) is 35.3 Å². The van der Waals surface area contributed by atoms with Crippen LogP contribution in [0.3, 0.4) is 0 Å². The zero-order chi connectivity index (χ0) is 31.2. The van der Waals surface area contributed by atoms with Gasteiger partial charge in [-0.1, -0.05) is 26.0 Å². The molecular formula is C31H35F2N5O4. The van der Waals surface area contributed by atoms with Crippen LogP contribution in [-0.2, 0) is 4.79 Å². The summed E-state index contributed by atoms with van der Waals surface area (Å²) in [6.45, 7) is 10.6. The smallest absolute Gasteiger partial charge is 0.307 e. The van der Waals surface area contributed by atoms with Gasteiger partial charge in [0.25, 0.3) is 5.91 Å². The molecule has 222 valence electrons. The lowest BCUT2D eigenvalue weighted by Gasteiger charge is -2.38. The highest BCUT2D eigenvalue weighted by atomic mass is 19.1. The highest BCUT2D eigenvalue weighted by molar-refractivity contribution is 5.97. The molecule has 2 heterocycles. The maximum atomic E-state index is 14.8. The fourth-order valence-electron chi connectivity index (χ4n) is 4.91. The molecule has 1 aliphatic heterocycles. The van der Waals surface area contributed by atoms with Gasteiger partial charge in [0.05, 0.1) is 29.3 Å². The summed E-state index contributed by atoms with van der Waals surface area (Å²) < 4.78 is 34.2. The number of hydrogen-bond donors (Lipinski definition) is 2. The predicted molar refractivity (Wildman–Crippen MR) is 153 cm³/mol. The number of carbonyl (C=O) groups is 2. The molecule has 1 saturated heterocycles. The molecular weight excluding hydrogens is 544 g/mol. The molecule has 3 aromatic rings. The molecule has 0 saturated carbocycles. The Kier molecular flexibility index (Phi) is 10.2. The van der Waals surface area contributed by atoms with Crippen LogP contribution in [0.25, 0.3) is 0 Å². The third-order valence-electron chi connectivity index (χ3n) is 7.02. The molecule has 2 amide bonds. The molecule has 0 spiro atoms. The summed E-state index contributed by atoms with van der Waals surface area (Å²) in [6.07, 6.45) is 1.05. The molecule has 9 nitrogen and oxygen atoms in total. The number of H-pyrrole nitrogens is 1. The van der Waals surface area contributed by atoms with Gasteiger partial charge in [0, 0.05) is 11.6 Å². The first-order valence-electron chi connectivity index (χ1n) is 13.7. The highest BCUT2D eigenvalue weighted by Gasteiger charge is 2.46. The molecule has 0 aliphatic carbocycles. The SMILES string of the molecule is CC.Cc1cc(Oc2ccc(C(=O)N[C@H](C)C(=O)N3C(c4cccc(F)c4)CCC3C(C)(C)C#N)cc2F)c(=O)[nH]n1. The zero-order valence-electron chi connectivity index (χ0n) is 24.5. The van der Waals surface area contributed by atoms with Gasteiger partial charge in [-0.3, -0.25) is 14.4 Å². The number of amides is 2. The molecule has 2 unspecified atom stereocenters. The third-order valence-corrected chi connectivity index (χ3v) is 7.02. The van der Waals surface area contributed by atoms with Crippen LogP contribution in [-0.4, -0.2) is 39.0 Å². The Morgan fingerprint density at radius 3 is 2.50 bits per heavy atom. The van der Waals surface area contributed by atoms with Crippen molar-refractivity contribution in [2.45, 2.75) is 72.5 Å². The molecule has 0 bridgehead atoms. The number of nitrogens with zero attached hydrogens (tertiary/aromatic N) is 3. The van der Waals surface area contributed by atoms with Crippen molar-refractivity contribution in [1.29, 1.82) is 5.26 Å². The van der Waals surface area contributed by atoms with Gasteiger partial charge < -0.3 is 15.0 Å². The summed E-state index contributed by atoms with van der Waals surface area (Å²) in [4.78, 5) is 40.1. The number of aromatic amines is 1. The van der Waals surface area contributed by atoms with E-state index in [-0.39, 0.29) is 17.1 Å². The van der Waals surface area contributed by atoms with Crippen LogP contribution in [0.5, 0.6) is 11.5 Å². The zero-order valence-corrected chi connectivity index (χ0v) is 24.5. The number of halogens is 2. The van der Waals surface area contributed by atoms with Crippen LogP contribution in [0.1, 0.15) is 75.1 Å². The normalized spacial score (nSPS) is 17.0. The average molecular weight is 580 g/mol. The minimum Gasteiger partial charge on any atom is -0.448 e. The van der Waals surface area contributed by atoms with Crippen molar-refractivity contribution in [2.24, 2.45) is 5.41 Å². The van der Waals surface area contributed by atoms with Gasteiger partial charge >= 0.3 is 5.56 Å². The second-order valence-electron chi connectivity index (χ2n) is 10.4. The summed E-state index contributed by atoms with van der Waals surface area (Å²) in [7, 11) is 0. The molecule has 1 aromatic heterocycles. The van der Waals surface area contributed by atoms with E-state index >= 15 is 0 Å². The fraction of sp³-hybridized carbons (Fsp3) is 0.387. The second-order valence-corrected chi connectivity index (χ2v) is 10.4. The number of hydrogen-bond acceptors (Lipinski definition) is 6. The van der Waals surface area contributed by atoms with Crippen LogP contribution < -0.4 is 15.6 Å². The van der Waals surface area contributed by atoms with Gasteiger partial charge in [-0.2, -0.15) is 10.4 Å². The standard InChI is InChI=1S/C29H29F2N5O4.C2H6/c1-16-12-24(27(38)35-34-16)40-23-10-8-19(14-21(23)31)26(37)33-17(2)28(39)36-22(18-6-5-7-20(30)13-18)9-11-25(36)29(3,4)15-32;1-2/h5-8,10,12-14,17,22,25H,9,11H2,1-4H3,(H,33,37)(H,35,38);1-2H3/t17-,22?,25?;/m1./s1. The summed E-state index contributed by atoms with van der Waals surface area (Å²) in [5.41, 5.74) is -0.543. The predicted octanol–water partition coefficient (Wildman–Crippen LogP) is 5.58. The first-order valence-corrected chi connectivity index (χ1v) is 13.7. The molecule has 1 fully saturated rings. The Morgan fingerprint density at radius 1 is 1.14 bits per heavy atom. The molecule has 11 heteroatoms. The van der Waals surface area contributed by atoms with Crippen LogP contribution in [0.4, 0.5) is 8.78 Å². The Hall–Kier alpha value is -4.59. The van der Waals surface area contributed by atoms with E-state index in [1.807, 2.05) is 13.8 Å².